The van der Waals surface area contributed by atoms with E-state index in [1.807, 2.05) is 19.9 Å². The van der Waals surface area contributed by atoms with E-state index in [4.69, 9.17) is 0 Å². The number of benzene rings is 2. The molecule has 2 aromatic carbocycles. The lowest BCUT2D eigenvalue weighted by molar-refractivity contribution is -0.118. The van der Waals surface area contributed by atoms with Gasteiger partial charge in [0.1, 0.15) is 5.82 Å². The summed E-state index contributed by atoms with van der Waals surface area (Å²) < 4.78 is 13.1. The molecule has 130 valence electrons. The van der Waals surface area contributed by atoms with Gasteiger partial charge < -0.3 is 5.32 Å². The lowest BCUT2D eigenvalue weighted by Crippen LogP contribution is -2.20. The summed E-state index contributed by atoms with van der Waals surface area (Å²) in [5.74, 6) is -1.18. The number of carbonyl (C=O) groups excluding carboxylic acids is 2. The van der Waals surface area contributed by atoms with Crippen LogP contribution in [-0.4, -0.2) is 17.5 Å². The molecule has 0 aliphatic heterocycles. The Hall–Kier alpha value is -3.02. The van der Waals surface area contributed by atoms with Gasteiger partial charge in [-0.15, -0.1) is 0 Å². The molecule has 0 aromatic heterocycles. The monoisotopic (exact) mass is 341 g/mol. The second-order valence-corrected chi connectivity index (χ2v) is 5.87. The highest BCUT2D eigenvalue weighted by atomic mass is 19.1. The zero-order valence-corrected chi connectivity index (χ0v) is 14.3. The van der Waals surface area contributed by atoms with Crippen molar-refractivity contribution in [1.29, 1.82) is 0 Å². The summed E-state index contributed by atoms with van der Waals surface area (Å²) in [6, 6.07) is 12.5. The van der Waals surface area contributed by atoms with Gasteiger partial charge in [0, 0.05) is 17.2 Å². The van der Waals surface area contributed by atoms with Crippen LogP contribution in [0.25, 0.3) is 0 Å². The van der Waals surface area contributed by atoms with Crippen LogP contribution in [0.1, 0.15) is 36.7 Å². The molecule has 0 aliphatic rings. The number of hydrogen-bond acceptors (Lipinski definition) is 3. The fourth-order valence-electron chi connectivity index (χ4n) is 2.00. The van der Waals surface area contributed by atoms with Gasteiger partial charge in [0.05, 0.1) is 5.71 Å². The molecule has 25 heavy (non-hydrogen) atoms. The standard InChI is InChI=1S/C19H20FN3O2/c1-12(2)18(24)21-17-9-5-6-14(11-17)13(3)22-23-19(25)15-7-4-8-16(20)10-15/h4-12H,1-3H3,(H,21,24)(H,23,25)/b22-13-. The summed E-state index contributed by atoms with van der Waals surface area (Å²) in [4.78, 5) is 23.7. The summed E-state index contributed by atoms with van der Waals surface area (Å²) >= 11 is 0. The summed E-state index contributed by atoms with van der Waals surface area (Å²) in [5.41, 5.74) is 4.55. The van der Waals surface area contributed by atoms with Gasteiger partial charge in [-0.3, -0.25) is 9.59 Å². The molecule has 5 nitrogen and oxygen atoms in total. The molecule has 2 aromatic rings. The highest BCUT2D eigenvalue weighted by molar-refractivity contribution is 6.02. The van der Waals surface area contributed by atoms with Crippen molar-refractivity contribution in [2.24, 2.45) is 11.0 Å². The molecule has 0 saturated heterocycles. The van der Waals surface area contributed by atoms with Gasteiger partial charge in [0.2, 0.25) is 5.91 Å². The lowest BCUT2D eigenvalue weighted by atomic mass is 10.1. The Morgan fingerprint density at radius 1 is 1.04 bits per heavy atom. The molecule has 0 aliphatic carbocycles. The second-order valence-electron chi connectivity index (χ2n) is 5.87. The largest absolute Gasteiger partial charge is 0.326 e. The first-order valence-electron chi connectivity index (χ1n) is 7.88. The zero-order valence-electron chi connectivity index (χ0n) is 14.3. The van der Waals surface area contributed by atoms with Crippen LogP contribution in [0.4, 0.5) is 10.1 Å². The third-order valence-corrected chi connectivity index (χ3v) is 3.48. The van der Waals surface area contributed by atoms with Crippen LogP contribution < -0.4 is 10.7 Å². The maximum atomic E-state index is 13.1. The number of hydrazone groups is 1. The summed E-state index contributed by atoms with van der Waals surface area (Å²) in [6.45, 7) is 5.36. The second kappa shape index (κ2) is 8.19. The number of hydrogen-bond donors (Lipinski definition) is 2. The Morgan fingerprint density at radius 2 is 1.72 bits per heavy atom. The normalized spacial score (nSPS) is 11.3. The average Bonchev–Trinajstić information content (AvgIpc) is 2.59. The van der Waals surface area contributed by atoms with Crippen molar-refractivity contribution in [3.8, 4) is 0 Å². The molecule has 2 N–H and O–H groups in total. The molecule has 2 amide bonds. The van der Waals surface area contributed by atoms with Gasteiger partial charge in [-0.05, 0) is 42.8 Å². The highest BCUT2D eigenvalue weighted by Crippen LogP contribution is 2.13. The number of rotatable bonds is 5. The topological polar surface area (TPSA) is 70.6 Å². The minimum atomic E-state index is -0.497. The summed E-state index contributed by atoms with van der Waals surface area (Å²) in [6.07, 6.45) is 0. The van der Waals surface area contributed by atoms with E-state index in [0.717, 1.165) is 11.6 Å². The minimum absolute atomic E-state index is 0.0776. The van der Waals surface area contributed by atoms with Gasteiger partial charge in [-0.25, -0.2) is 9.82 Å². The first-order chi connectivity index (χ1) is 11.9. The molecule has 0 fully saturated rings. The quantitative estimate of drug-likeness (QED) is 0.645. The Kier molecular flexibility index (Phi) is 6.00. The molecule has 0 unspecified atom stereocenters. The van der Waals surface area contributed by atoms with Gasteiger partial charge in [-0.2, -0.15) is 5.10 Å². The molecular weight excluding hydrogens is 321 g/mol. The van der Waals surface area contributed by atoms with E-state index >= 15 is 0 Å². The maximum Gasteiger partial charge on any atom is 0.271 e. The number of nitrogens with zero attached hydrogens (tertiary/aromatic N) is 1. The van der Waals surface area contributed by atoms with Crippen LogP contribution in [-0.2, 0) is 4.79 Å². The molecule has 0 saturated carbocycles. The van der Waals surface area contributed by atoms with E-state index in [-0.39, 0.29) is 17.4 Å². The van der Waals surface area contributed by atoms with Crippen LogP contribution in [0, 0.1) is 11.7 Å². The van der Waals surface area contributed by atoms with Crippen molar-refractivity contribution in [1.82, 2.24) is 5.43 Å². The number of halogens is 1. The van der Waals surface area contributed by atoms with Gasteiger partial charge in [0.15, 0.2) is 0 Å². The van der Waals surface area contributed by atoms with E-state index in [1.165, 1.54) is 18.2 Å². The van der Waals surface area contributed by atoms with Crippen molar-refractivity contribution in [2.75, 3.05) is 5.32 Å². The van der Waals surface area contributed by atoms with E-state index in [0.29, 0.717) is 11.4 Å². The Morgan fingerprint density at radius 3 is 2.40 bits per heavy atom. The number of carbonyl (C=O) groups is 2. The first-order valence-corrected chi connectivity index (χ1v) is 7.88. The van der Waals surface area contributed by atoms with Crippen molar-refractivity contribution >= 4 is 23.2 Å². The van der Waals surface area contributed by atoms with Crippen LogP contribution in [0.2, 0.25) is 0 Å². The molecule has 0 radical (unpaired) electrons. The Bertz CT molecular complexity index is 816. The van der Waals surface area contributed by atoms with Crippen molar-refractivity contribution < 1.29 is 14.0 Å². The number of amides is 2. The van der Waals surface area contributed by atoms with Crippen molar-refractivity contribution in [3.05, 3.63) is 65.5 Å². The van der Waals surface area contributed by atoms with Gasteiger partial charge in [-0.1, -0.05) is 32.0 Å². The molecule has 0 atom stereocenters. The number of anilines is 1. The maximum absolute atomic E-state index is 13.1. The SMILES string of the molecule is C/C(=N/NC(=O)c1cccc(F)c1)c1cccc(NC(=O)C(C)C)c1. The molecule has 0 spiro atoms. The van der Waals surface area contributed by atoms with E-state index in [1.54, 1.807) is 25.1 Å². The fraction of sp³-hybridized carbons (Fsp3) is 0.211. The van der Waals surface area contributed by atoms with Crippen LogP contribution in [0.15, 0.2) is 53.6 Å². The van der Waals surface area contributed by atoms with E-state index in [9.17, 15) is 14.0 Å². The van der Waals surface area contributed by atoms with E-state index < -0.39 is 11.7 Å². The predicted octanol–water partition coefficient (Wildman–Crippen LogP) is 3.57. The first kappa shape index (κ1) is 18.3. The molecule has 0 bridgehead atoms. The van der Waals surface area contributed by atoms with Crippen LogP contribution >= 0.6 is 0 Å². The highest BCUT2D eigenvalue weighted by Gasteiger charge is 2.09. The third-order valence-electron chi connectivity index (χ3n) is 3.48. The molecule has 6 heteroatoms. The van der Waals surface area contributed by atoms with Gasteiger partial charge >= 0.3 is 0 Å². The Labute approximate surface area is 145 Å². The van der Waals surface area contributed by atoms with Gasteiger partial charge in [0.25, 0.3) is 5.91 Å². The average molecular weight is 341 g/mol. The smallest absolute Gasteiger partial charge is 0.271 e. The molecule has 0 heterocycles. The fourth-order valence-corrected chi connectivity index (χ4v) is 2.00. The molecule has 2 rings (SSSR count). The Balaban J connectivity index is 2.09. The lowest BCUT2D eigenvalue weighted by Gasteiger charge is -2.09. The number of nitrogens with one attached hydrogen (secondary N) is 2. The van der Waals surface area contributed by atoms with Crippen molar-refractivity contribution in [3.63, 3.8) is 0 Å². The van der Waals surface area contributed by atoms with Crippen LogP contribution in [0.3, 0.4) is 0 Å². The third kappa shape index (κ3) is 5.24. The molecular formula is C19H20FN3O2. The summed E-state index contributed by atoms with van der Waals surface area (Å²) in [7, 11) is 0. The summed E-state index contributed by atoms with van der Waals surface area (Å²) in [5, 5.41) is 6.85. The zero-order chi connectivity index (χ0) is 18.4. The van der Waals surface area contributed by atoms with Crippen LogP contribution in [0.5, 0.6) is 0 Å². The minimum Gasteiger partial charge on any atom is -0.326 e. The van der Waals surface area contributed by atoms with Crippen molar-refractivity contribution in [2.45, 2.75) is 20.8 Å². The predicted molar refractivity (Wildman–Crippen MR) is 96.0 cm³/mol. The van der Waals surface area contributed by atoms with E-state index in [2.05, 4.69) is 15.8 Å².